The van der Waals surface area contributed by atoms with Gasteiger partial charge in [-0.15, -0.1) is 11.3 Å². The van der Waals surface area contributed by atoms with Crippen molar-refractivity contribution in [3.05, 3.63) is 59.2 Å². The maximum atomic E-state index is 12.2. The molecule has 0 unspecified atom stereocenters. The number of hydrogen-bond donors (Lipinski definition) is 2. The number of aliphatic hydroxyl groups is 1. The molecule has 0 spiro atoms. The number of anilines is 1. The van der Waals surface area contributed by atoms with Crippen LogP contribution in [0.2, 0.25) is 0 Å². The summed E-state index contributed by atoms with van der Waals surface area (Å²) in [7, 11) is 0. The van der Waals surface area contributed by atoms with E-state index in [0.717, 1.165) is 10.1 Å². The molecule has 0 aliphatic carbocycles. The summed E-state index contributed by atoms with van der Waals surface area (Å²) < 4.78 is 1.08. The van der Waals surface area contributed by atoms with Gasteiger partial charge >= 0.3 is 0 Å². The molecule has 4 nitrogen and oxygen atoms in total. The number of nitrogens with zero attached hydrogens (tertiary/aromatic N) is 1. The van der Waals surface area contributed by atoms with Crippen LogP contribution in [0.15, 0.2) is 48.8 Å². The van der Waals surface area contributed by atoms with E-state index in [0.29, 0.717) is 16.1 Å². The van der Waals surface area contributed by atoms with Crippen molar-refractivity contribution in [1.29, 1.82) is 0 Å². The van der Waals surface area contributed by atoms with Crippen molar-refractivity contribution in [1.82, 2.24) is 4.98 Å². The maximum absolute atomic E-state index is 12.2. The van der Waals surface area contributed by atoms with Crippen LogP contribution in [0.25, 0.3) is 10.1 Å². The Kier molecular flexibility index (Phi) is 3.45. The van der Waals surface area contributed by atoms with Gasteiger partial charge in [0.25, 0.3) is 5.91 Å². The molecular weight excluding hydrogens is 272 g/mol. The molecule has 0 atom stereocenters. The molecule has 20 heavy (non-hydrogen) atoms. The second kappa shape index (κ2) is 5.40. The van der Waals surface area contributed by atoms with E-state index >= 15 is 0 Å². The van der Waals surface area contributed by atoms with E-state index in [4.69, 9.17) is 0 Å². The van der Waals surface area contributed by atoms with Crippen molar-refractivity contribution in [3.8, 4) is 0 Å². The molecule has 0 radical (unpaired) electrons. The summed E-state index contributed by atoms with van der Waals surface area (Å²) in [5.41, 5.74) is 1.19. The molecule has 0 aliphatic rings. The van der Waals surface area contributed by atoms with E-state index in [-0.39, 0.29) is 12.5 Å². The number of nitrogens with one attached hydrogen (secondary N) is 1. The molecule has 0 bridgehead atoms. The highest BCUT2D eigenvalue weighted by molar-refractivity contribution is 7.20. The average Bonchev–Trinajstić information content (AvgIpc) is 2.92. The number of carbonyl (C=O) groups is 1. The second-order valence-corrected chi connectivity index (χ2v) is 5.38. The number of fused-ring (bicyclic) bond motifs is 1. The van der Waals surface area contributed by atoms with Gasteiger partial charge < -0.3 is 10.4 Å². The van der Waals surface area contributed by atoms with Crippen LogP contribution in [-0.4, -0.2) is 16.0 Å². The van der Waals surface area contributed by atoms with Gasteiger partial charge in [0.2, 0.25) is 0 Å². The number of benzene rings is 1. The number of aromatic nitrogens is 1. The topological polar surface area (TPSA) is 62.2 Å². The number of aliphatic hydroxyl groups excluding tert-OH is 1. The number of carbonyl (C=O) groups excluding carboxylic acids is 1. The molecule has 5 heteroatoms. The normalized spacial score (nSPS) is 10.7. The lowest BCUT2D eigenvalue weighted by molar-refractivity contribution is 0.103. The van der Waals surface area contributed by atoms with Crippen LogP contribution < -0.4 is 5.32 Å². The van der Waals surface area contributed by atoms with Gasteiger partial charge in [-0.3, -0.25) is 9.78 Å². The van der Waals surface area contributed by atoms with E-state index in [1.165, 1.54) is 17.5 Å². The molecule has 2 aromatic heterocycles. The van der Waals surface area contributed by atoms with Crippen LogP contribution in [0.1, 0.15) is 15.2 Å². The molecule has 3 rings (SSSR count). The Labute approximate surface area is 119 Å². The zero-order chi connectivity index (χ0) is 13.9. The van der Waals surface area contributed by atoms with Crippen molar-refractivity contribution in [2.24, 2.45) is 0 Å². The summed E-state index contributed by atoms with van der Waals surface area (Å²) in [6, 6.07) is 11.4. The van der Waals surface area contributed by atoms with Gasteiger partial charge in [-0.1, -0.05) is 18.2 Å². The Balaban J connectivity index is 1.89. The molecule has 2 heterocycles. The number of thiophene rings is 1. The van der Waals surface area contributed by atoms with Gasteiger partial charge in [0, 0.05) is 16.5 Å². The summed E-state index contributed by atoms with van der Waals surface area (Å²) in [5.74, 6) is -0.186. The van der Waals surface area contributed by atoms with E-state index < -0.39 is 0 Å². The predicted molar refractivity (Wildman–Crippen MR) is 79.9 cm³/mol. The van der Waals surface area contributed by atoms with Crippen LogP contribution >= 0.6 is 11.3 Å². The average molecular weight is 284 g/mol. The monoisotopic (exact) mass is 284 g/mol. The van der Waals surface area contributed by atoms with E-state index in [1.54, 1.807) is 12.3 Å². The highest BCUT2D eigenvalue weighted by Crippen LogP contribution is 2.26. The Morgan fingerprint density at radius 1 is 1.30 bits per heavy atom. The Morgan fingerprint density at radius 3 is 2.95 bits per heavy atom. The van der Waals surface area contributed by atoms with E-state index in [2.05, 4.69) is 10.3 Å². The lowest BCUT2D eigenvalue weighted by Crippen LogP contribution is -2.12. The SMILES string of the molecule is O=C(Nc1cnccc1CO)c1cc2ccccc2s1. The van der Waals surface area contributed by atoms with Crippen molar-refractivity contribution in [2.45, 2.75) is 6.61 Å². The molecule has 0 aliphatic heterocycles. The summed E-state index contributed by atoms with van der Waals surface area (Å²) in [5, 5.41) is 13.1. The van der Waals surface area contributed by atoms with Gasteiger partial charge in [-0.05, 0) is 23.6 Å². The minimum absolute atomic E-state index is 0.134. The van der Waals surface area contributed by atoms with Crippen LogP contribution in [0, 0.1) is 0 Å². The number of hydrogen-bond acceptors (Lipinski definition) is 4. The first kappa shape index (κ1) is 12.8. The molecule has 0 saturated heterocycles. The smallest absolute Gasteiger partial charge is 0.265 e. The summed E-state index contributed by atoms with van der Waals surface area (Å²) in [4.78, 5) is 16.8. The molecule has 3 aromatic rings. The first-order chi connectivity index (χ1) is 9.78. The molecule has 2 N–H and O–H groups in total. The summed E-state index contributed by atoms with van der Waals surface area (Å²) in [6.45, 7) is -0.134. The van der Waals surface area contributed by atoms with Gasteiger partial charge in [0.15, 0.2) is 0 Å². The quantitative estimate of drug-likeness (QED) is 0.777. The third kappa shape index (κ3) is 2.41. The molecule has 0 saturated carbocycles. The van der Waals surface area contributed by atoms with Crippen LogP contribution in [0.5, 0.6) is 0 Å². The molecular formula is C15H12N2O2S. The van der Waals surface area contributed by atoms with Crippen molar-refractivity contribution in [2.75, 3.05) is 5.32 Å². The summed E-state index contributed by atoms with van der Waals surface area (Å²) in [6.07, 6.45) is 3.12. The molecule has 100 valence electrons. The fourth-order valence-electron chi connectivity index (χ4n) is 1.95. The third-order valence-electron chi connectivity index (χ3n) is 2.98. The van der Waals surface area contributed by atoms with E-state index in [9.17, 15) is 9.90 Å². The Hall–Kier alpha value is -2.24. The van der Waals surface area contributed by atoms with Crippen molar-refractivity contribution >= 4 is 33.0 Å². The van der Waals surface area contributed by atoms with E-state index in [1.807, 2.05) is 30.3 Å². The first-order valence-electron chi connectivity index (χ1n) is 6.11. The van der Waals surface area contributed by atoms with Gasteiger partial charge in [0.05, 0.1) is 23.4 Å². The molecule has 0 fully saturated rings. The van der Waals surface area contributed by atoms with Crippen LogP contribution in [0.3, 0.4) is 0 Å². The fourth-order valence-corrected chi connectivity index (χ4v) is 2.91. The van der Waals surface area contributed by atoms with Gasteiger partial charge in [-0.25, -0.2) is 0 Å². The van der Waals surface area contributed by atoms with Gasteiger partial charge in [0.1, 0.15) is 0 Å². The lowest BCUT2D eigenvalue weighted by atomic mass is 10.2. The molecule has 1 aromatic carbocycles. The van der Waals surface area contributed by atoms with Crippen molar-refractivity contribution in [3.63, 3.8) is 0 Å². The minimum Gasteiger partial charge on any atom is -0.392 e. The standard InChI is InChI=1S/C15H12N2O2S/c18-9-11-5-6-16-8-12(11)17-15(19)14-7-10-3-1-2-4-13(10)20-14/h1-8,18H,9H2,(H,17,19). The van der Waals surface area contributed by atoms with Crippen molar-refractivity contribution < 1.29 is 9.90 Å². The Bertz CT molecular complexity index is 734. The number of pyridine rings is 1. The van der Waals surface area contributed by atoms with Crippen LogP contribution in [0.4, 0.5) is 5.69 Å². The Morgan fingerprint density at radius 2 is 2.15 bits per heavy atom. The van der Waals surface area contributed by atoms with Gasteiger partial charge in [-0.2, -0.15) is 0 Å². The maximum Gasteiger partial charge on any atom is 0.265 e. The number of amides is 1. The zero-order valence-corrected chi connectivity index (χ0v) is 11.4. The molecule has 1 amide bonds. The zero-order valence-electron chi connectivity index (χ0n) is 10.5. The highest BCUT2D eigenvalue weighted by atomic mass is 32.1. The minimum atomic E-state index is -0.186. The lowest BCUT2D eigenvalue weighted by Gasteiger charge is -2.07. The predicted octanol–water partition coefficient (Wildman–Crippen LogP) is 3.04. The largest absolute Gasteiger partial charge is 0.392 e. The second-order valence-electron chi connectivity index (χ2n) is 4.29. The third-order valence-corrected chi connectivity index (χ3v) is 4.09. The fraction of sp³-hybridized carbons (Fsp3) is 0.0667. The van der Waals surface area contributed by atoms with Crippen LogP contribution in [-0.2, 0) is 6.61 Å². The first-order valence-corrected chi connectivity index (χ1v) is 6.93. The number of rotatable bonds is 3. The highest BCUT2D eigenvalue weighted by Gasteiger charge is 2.12. The summed E-state index contributed by atoms with van der Waals surface area (Å²) >= 11 is 1.44.